The lowest BCUT2D eigenvalue weighted by Gasteiger charge is -2.22. The number of nitrogens with zero attached hydrogens (tertiary/aromatic N) is 2. The molecule has 2 aromatic rings. The largest absolute Gasteiger partial charge is 0.466 e. The van der Waals surface area contributed by atoms with Crippen LogP contribution < -0.4 is 5.32 Å². The van der Waals surface area contributed by atoms with E-state index in [1.165, 1.54) is 23.1 Å². The maximum absolute atomic E-state index is 13.1. The summed E-state index contributed by atoms with van der Waals surface area (Å²) in [7, 11) is 0. The number of hydrogen-bond acceptors (Lipinski definition) is 7. The molecule has 2 heterocycles. The zero-order chi connectivity index (χ0) is 20.6. The number of aromatic nitrogens is 1. The normalized spacial score (nSPS) is 14.4. The first-order chi connectivity index (χ1) is 14.1. The fourth-order valence-electron chi connectivity index (χ4n) is 2.95. The number of nitrogens with one attached hydrogen (secondary N) is 1. The van der Waals surface area contributed by atoms with Crippen LogP contribution in [0.4, 0.5) is 5.13 Å². The van der Waals surface area contributed by atoms with Crippen LogP contribution in [0.5, 0.6) is 0 Å². The number of benzene rings is 1. The molecule has 1 aliphatic rings. The van der Waals surface area contributed by atoms with Crippen molar-refractivity contribution >= 4 is 56.6 Å². The molecular formula is C20H23N3O3S3. The third-order valence-electron chi connectivity index (χ3n) is 4.34. The van der Waals surface area contributed by atoms with Crippen LogP contribution in [-0.2, 0) is 20.7 Å². The highest BCUT2D eigenvalue weighted by atomic mass is 32.2. The second-order valence-electron chi connectivity index (χ2n) is 6.48. The van der Waals surface area contributed by atoms with Gasteiger partial charge in [0.05, 0.1) is 18.7 Å². The SMILES string of the molecule is CCOC(=O)Cc1csc(NC(=O)C(SC(=S)N2CCCC2)c2ccccc2)n1. The van der Waals surface area contributed by atoms with Gasteiger partial charge in [0, 0.05) is 18.5 Å². The van der Waals surface area contributed by atoms with Crippen molar-refractivity contribution < 1.29 is 14.3 Å². The topological polar surface area (TPSA) is 71.5 Å². The minimum Gasteiger partial charge on any atom is -0.466 e. The minimum absolute atomic E-state index is 0.0934. The van der Waals surface area contributed by atoms with E-state index in [1.54, 1.807) is 12.3 Å². The smallest absolute Gasteiger partial charge is 0.311 e. The van der Waals surface area contributed by atoms with Gasteiger partial charge in [0.1, 0.15) is 9.57 Å². The Morgan fingerprint density at radius 1 is 1.31 bits per heavy atom. The number of thioether (sulfide) groups is 1. The van der Waals surface area contributed by atoms with E-state index < -0.39 is 5.25 Å². The third-order valence-corrected chi connectivity index (χ3v) is 6.87. The summed E-state index contributed by atoms with van der Waals surface area (Å²) in [6.07, 6.45) is 2.35. The lowest BCUT2D eigenvalue weighted by molar-refractivity contribution is -0.142. The maximum atomic E-state index is 13.1. The fourth-order valence-corrected chi connectivity index (χ4v) is 5.13. The summed E-state index contributed by atoms with van der Waals surface area (Å²) in [4.78, 5) is 31.2. The molecule has 1 N–H and O–H groups in total. The van der Waals surface area contributed by atoms with Crippen LogP contribution in [0, 0.1) is 0 Å². The van der Waals surface area contributed by atoms with Crippen LogP contribution in [0.2, 0.25) is 0 Å². The molecule has 0 saturated carbocycles. The zero-order valence-corrected chi connectivity index (χ0v) is 18.6. The van der Waals surface area contributed by atoms with Gasteiger partial charge in [-0.1, -0.05) is 54.3 Å². The van der Waals surface area contributed by atoms with Crippen LogP contribution in [0.3, 0.4) is 0 Å². The molecule has 0 bridgehead atoms. The standard InChI is InChI=1S/C20H23N3O3S3/c1-2-26-16(24)12-15-13-28-19(21-15)22-18(25)17(14-8-4-3-5-9-14)29-20(27)23-10-6-7-11-23/h3-5,8-9,13,17H,2,6-7,10-12H2,1H3,(H,21,22,25). The van der Waals surface area contributed by atoms with Crippen LogP contribution in [0.25, 0.3) is 0 Å². The number of carbonyl (C=O) groups excluding carboxylic acids is 2. The summed E-state index contributed by atoms with van der Waals surface area (Å²) in [6.45, 7) is 3.98. The summed E-state index contributed by atoms with van der Waals surface area (Å²) in [6, 6.07) is 9.60. The molecule has 1 saturated heterocycles. The van der Waals surface area contributed by atoms with Crippen molar-refractivity contribution in [2.45, 2.75) is 31.4 Å². The Kier molecular flexibility index (Phi) is 8.02. The van der Waals surface area contributed by atoms with Crippen molar-refractivity contribution in [1.29, 1.82) is 0 Å². The Bertz CT molecular complexity index is 851. The summed E-state index contributed by atoms with van der Waals surface area (Å²) in [5, 5.41) is 4.63. The molecule has 1 fully saturated rings. The highest BCUT2D eigenvalue weighted by Gasteiger charge is 2.27. The molecule has 6 nitrogen and oxygen atoms in total. The first kappa shape index (κ1) is 21.7. The van der Waals surface area contributed by atoms with Crippen molar-refractivity contribution in [3.63, 3.8) is 0 Å². The van der Waals surface area contributed by atoms with Crippen LogP contribution in [0.1, 0.15) is 36.3 Å². The van der Waals surface area contributed by atoms with E-state index in [4.69, 9.17) is 17.0 Å². The molecule has 1 aliphatic heterocycles. The lowest BCUT2D eigenvalue weighted by atomic mass is 10.1. The monoisotopic (exact) mass is 449 g/mol. The average molecular weight is 450 g/mol. The Hall–Kier alpha value is -1.97. The number of likely N-dealkylation sites (tertiary alicyclic amines) is 1. The van der Waals surface area contributed by atoms with Crippen molar-refractivity contribution in [2.75, 3.05) is 25.0 Å². The van der Waals surface area contributed by atoms with Crippen LogP contribution in [-0.4, -0.2) is 45.8 Å². The van der Waals surface area contributed by atoms with Gasteiger partial charge in [0.15, 0.2) is 5.13 Å². The van der Waals surface area contributed by atoms with E-state index in [0.717, 1.165) is 35.8 Å². The van der Waals surface area contributed by atoms with E-state index in [-0.39, 0.29) is 18.3 Å². The van der Waals surface area contributed by atoms with Gasteiger partial charge < -0.3 is 15.0 Å². The van der Waals surface area contributed by atoms with E-state index in [2.05, 4.69) is 15.2 Å². The van der Waals surface area contributed by atoms with Gasteiger partial charge in [-0.2, -0.15) is 0 Å². The summed E-state index contributed by atoms with van der Waals surface area (Å²) in [5.74, 6) is -0.510. The number of hydrogen-bond donors (Lipinski definition) is 1. The predicted molar refractivity (Wildman–Crippen MR) is 121 cm³/mol. The molecule has 29 heavy (non-hydrogen) atoms. The van der Waals surface area contributed by atoms with Gasteiger partial charge >= 0.3 is 5.97 Å². The fraction of sp³-hybridized carbons (Fsp3) is 0.400. The van der Waals surface area contributed by atoms with Crippen molar-refractivity contribution in [2.24, 2.45) is 0 Å². The number of thiocarbonyl (C=S) groups is 1. The second kappa shape index (κ2) is 10.7. The van der Waals surface area contributed by atoms with Gasteiger partial charge in [-0.05, 0) is 25.3 Å². The molecule has 1 atom stereocenters. The van der Waals surface area contributed by atoms with E-state index in [0.29, 0.717) is 17.4 Å². The Labute approximate surface area is 184 Å². The summed E-state index contributed by atoms with van der Waals surface area (Å²) in [5.41, 5.74) is 1.47. The first-order valence-electron chi connectivity index (χ1n) is 9.48. The predicted octanol–water partition coefficient (Wildman–Crippen LogP) is 4.04. The van der Waals surface area contributed by atoms with Crippen molar-refractivity contribution in [3.05, 3.63) is 47.0 Å². The van der Waals surface area contributed by atoms with E-state index in [1.807, 2.05) is 30.3 Å². The Morgan fingerprint density at radius 3 is 2.72 bits per heavy atom. The molecule has 1 aromatic carbocycles. The Balaban J connectivity index is 1.69. The molecule has 9 heteroatoms. The third kappa shape index (κ3) is 6.25. The first-order valence-corrected chi connectivity index (χ1v) is 11.6. The van der Waals surface area contributed by atoms with E-state index >= 15 is 0 Å². The number of rotatable bonds is 7. The highest BCUT2D eigenvalue weighted by Crippen LogP contribution is 2.33. The lowest BCUT2D eigenvalue weighted by Crippen LogP contribution is -2.27. The van der Waals surface area contributed by atoms with Gasteiger partial charge in [0.25, 0.3) is 0 Å². The number of carbonyl (C=O) groups is 2. The van der Waals surface area contributed by atoms with Crippen LogP contribution >= 0.6 is 35.3 Å². The molecule has 1 aromatic heterocycles. The number of amides is 1. The van der Waals surface area contributed by atoms with E-state index in [9.17, 15) is 9.59 Å². The number of anilines is 1. The molecule has 1 unspecified atom stereocenters. The minimum atomic E-state index is -0.471. The second-order valence-corrected chi connectivity index (χ2v) is 9.08. The molecule has 0 aliphatic carbocycles. The van der Waals surface area contributed by atoms with Crippen molar-refractivity contribution in [3.8, 4) is 0 Å². The summed E-state index contributed by atoms with van der Waals surface area (Å²) < 4.78 is 5.68. The molecule has 3 rings (SSSR count). The molecular weight excluding hydrogens is 426 g/mol. The maximum Gasteiger partial charge on any atom is 0.311 e. The molecule has 0 radical (unpaired) electrons. The molecule has 154 valence electrons. The number of thiazole rings is 1. The van der Waals surface area contributed by atoms with Crippen LogP contribution in [0.15, 0.2) is 35.7 Å². The number of esters is 1. The van der Waals surface area contributed by atoms with Crippen molar-refractivity contribution in [1.82, 2.24) is 9.88 Å². The van der Waals surface area contributed by atoms with Gasteiger partial charge in [0.2, 0.25) is 5.91 Å². The van der Waals surface area contributed by atoms with Gasteiger partial charge in [-0.3, -0.25) is 9.59 Å². The molecule has 0 spiro atoms. The molecule has 1 amide bonds. The average Bonchev–Trinajstić information content (AvgIpc) is 3.39. The quantitative estimate of drug-likeness (QED) is 0.505. The summed E-state index contributed by atoms with van der Waals surface area (Å²) >= 11 is 8.28. The number of ether oxygens (including phenoxy) is 1. The van der Waals surface area contributed by atoms with Gasteiger partial charge in [-0.25, -0.2) is 4.98 Å². The highest BCUT2D eigenvalue weighted by molar-refractivity contribution is 8.23. The Morgan fingerprint density at radius 2 is 2.03 bits per heavy atom. The van der Waals surface area contributed by atoms with Gasteiger partial charge in [-0.15, -0.1) is 11.3 Å². The zero-order valence-electron chi connectivity index (χ0n) is 16.1.